The van der Waals surface area contributed by atoms with Gasteiger partial charge in [0.1, 0.15) is 11.5 Å². The summed E-state index contributed by atoms with van der Waals surface area (Å²) in [5, 5.41) is 2.71. The zero-order valence-electron chi connectivity index (χ0n) is 15.3. The Labute approximate surface area is 187 Å². The molecule has 3 aromatic rings. The topological polar surface area (TPSA) is 62.6 Å². The number of alkyl halides is 3. The number of furan rings is 1. The summed E-state index contributed by atoms with van der Waals surface area (Å²) in [4.78, 5) is 25.5. The number of carbonyl (C=O) groups excluding carboxylic acids is 2. The minimum absolute atomic E-state index is 0.144. The van der Waals surface area contributed by atoms with Crippen LogP contribution in [0.4, 0.5) is 13.2 Å². The monoisotopic (exact) mass is 480 g/mol. The van der Waals surface area contributed by atoms with E-state index in [-0.39, 0.29) is 26.3 Å². The number of nitrogens with zero attached hydrogens (tertiary/aromatic N) is 1. The maximum atomic E-state index is 12.9. The number of amides is 2. The van der Waals surface area contributed by atoms with Crippen molar-refractivity contribution in [2.75, 3.05) is 0 Å². The lowest BCUT2D eigenvalue weighted by atomic mass is 10.1. The van der Waals surface area contributed by atoms with Crippen LogP contribution >= 0.6 is 35.3 Å². The predicted molar refractivity (Wildman–Crippen MR) is 116 cm³/mol. The summed E-state index contributed by atoms with van der Waals surface area (Å²) in [6, 6.07) is 11.1. The molecule has 0 aliphatic carbocycles. The molecule has 0 radical (unpaired) electrons. The maximum absolute atomic E-state index is 12.9. The molecule has 1 saturated heterocycles. The van der Waals surface area contributed by atoms with E-state index in [1.807, 2.05) is 0 Å². The molecule has 31 heavy (non-hydrogen) atoms. The van der Waals surface area contributed by atoms with Gasteiger partial charge in [0.2, 0.25) is 0 Å². The molecular weight excluding hydrogens is 469 g/mol. The summed E-state index contributed by atoms with van der Waals surface area (Å²) in [6.45, 7) is 0. The van der Waals surface area contributed by atoms with Crippen LogP contribution in [-0.4, -0.2) is 21.1 Å². The fourth-order valence-corrected chi connectivity index (χ4v) is 4.47. The van der Waals surface area contributed by atoms with Crippen LogP contribution in [0.15, 0.2) is 63.2 Å². The van der Waals surface area contributed by atoms with Crippen LogP contribution in [0.5, 0.6) is 0 Å². The van der Waals surface area contributed by atoms with Crippen molar-refractivity contribution in [1.29, 1.82) is 0 Å². The van der Waals surface area contributed by atoms with Crippen LogP contribution in [0.1, 0.15) is 21.0 Å². The molecule has 1 aliphatic rings. The summed E-state index contributed by atoms with van der Waals surface area (Å²) in [7, 11) is 0. The first kappa shape index (κ1) is 21.3. The number of rotatable bonds is 4. The van der Waals surface area contributed by atoms with Crippen molar-refractivity contribution in [3.63, 3.8) is 0 Å². The fraction of sp³-hybridized carbons (Fsp3) is 0.0500. The molecule has 158 valence electrons. The number of halogens is 3. The van der Waals surface area contributed by atoms with Crippen molar-refractivity contribution >= 4 is 57.5 Å². The minimum Gasteiger partial charge on any atom is -0.457 e. The average Bonchev–Trinajstić information content (AvgIpc) is 3.46. The van der Waals surface area contributed by atoms with Gasteiger partial charge in [-0.05, 0) is 47.9 Å². The molecule has 0 unspecified atom stereocenters. The Morgan fingerprint density at radius 1 is 1.16 bits per heavy atom. The van der Waals surface area contributed by atoms with E-state index in [1.54, 1.807) is 17.5 Å². The van der Waals surface area contributed by atoms with Crippen molar-refractivity contribution in [3.05, 3.63) is 75.0 Å². The van der Waals surface area contributed by atoms with E-state index in [4.69, 9.17) is 16.6 Å². The molecule has 5 nitrogen and oxygen atoms in total. The van der Waals surface area contributed by atoms with Gasteiger partial charge in [-0.2, -0.15) is 18.2 Å². The molecule has 0 saturated carbocycles. The van der Waals surface area contributed by atoms with Gasteiger partial charge >= 0.3 is 6.18 Å². The highest BCUT2D eigenvalue weighted by atomic mass is 32.2. The fourth-order valence-electron chi connectivity index (χ4n) is 2.69. The summed E-state index contributed by atoms with van der Waals surface area (Å²) in [6.07, 6.45) is -3.04. The number of thioether (sulfide) groups is 1. The van der Waals surface area contributed by atoms with Crippen LogP contribution in [0.2, 0.25) is 0 Å². The van der Waals surface area contributed by atoms with E-state index in [0.29, 0.717) is 4.88 Å². The van der Waals surface area contributed by atoms with E-state index in [1.165, 1.54) is 41.7 Å². The van der Waals surface area contributed by atoms with Crippen molar-refractivity contribution in [1.82, 2.24) is 10.4 Å². The lowest BCUT2D eigenvalue weighted by molar-refractivity contribution is -0.137. The van der Waals surface area contributed by atoms with E-state index in [9.17, 15) is 22.8 Å². The smallest absolute Gasteiger partial charge is 0.416 e. The zero-order valence-corrected chi connectivity index (χ0v) is 17.8. The van der Waals surface area contributed by atoms with Crippen molar-refractivity contribution in [2.45, 2.75) is 6.18 Å². The Morgan fingerprint density at radius 2 is 1.97 bits per heavy atom. The molecule has 4 rings (SSSR count). The highest BCUT2D eigenvalue weighted by Gasteiger charge is 2.34. The van der Waals surface area contributed by atoms with Gasteiger partial charge in [-0.1, -0.05) is 30.0 Å². The van der Waals surface area contributed by atoms with Crippen LogP contribution < -0.4 is 5.43 Å². The molecule has 1 N–H and O–H groups in total. The third-order valence-corrected chi connectivity index (χ3v) is 6.30. The van der Waals surface area contributed by atoms with E-state index in [0.717, 1.165) is 28.9 Å². The van der Waals surface area contributed by atoms with Gasteiger partial charge in [0.15, 0.2) is 4.32 Å². The van der Waals surface area contributed by atoms with Gasteiger partial charge in [-0.25, -0.2) is 0 Å². The number of carbonyl (C=O) groups is 2. The van der Waals surface area contributed by atoms with Crippen LogP contribution in [0, 0.1) is 0 Å². The minimum atomic E-state index is -4.47. The summed E-state index contributed by atoms with van der Waals surface area (Å²) in [5.74, 6) is -0.509. The van der Waals surface area contributed by atoms with Crippen molar-refractivity contribution in [2.24, 2.45) is 0 Å². The Kier molecular flexibility index (Phi) is 5.73. The standard InChI is InChI=1S/C20H11F3N2O3S3/c21-20(22,23)12-4-1-3-11(9-12)14-7-6-13(28-14)10-16-18(27)25(19(29)31-16)24-17(26)15-5-2-8-30-15/h1-10H,(H,24,26). The second-order valence-corrected chi connectivity index (χ2v) is 8.84. The van der Waals surface area contributed by atoms with Gasteiger partial charge in [0, 0.05) is 11.6 Å². The van der Waals surface area contributed by atoms with Gasteiger partial charge in [0.25, 0.3) is 11.8 Å². The molecule has 1 aromatic carbocycles. The quantitative estimate of drug-likeness (QED) is 0.391. The number of nitrogens with one attached hydrogen (secondary N) is 1. The molecule has 0 spiro atoms. The van der Waals surface area contributed by atoms with E-state index < -0.39 is 23.6 Å². The number of hydrogen-bond acceptors (Lipinski definition) is 6. The average molecular weight is 481 g/mol. The molecule has 2 amide bonds. The largest absolute Gasteiger partial charge is 0.457 e. The first-order valence-electron chi connectivity index (χ1n) is 8.62. The van der Waals surface area contributed by atoms with Crippen LogP contribution in [-0.2, 0) is 11.0 Å². The molecule has 1 fully saturated rings. The summed E-state index contributed by atoms with van der Waals surface area (Å²) < 4.78 is 44.5. The van der Waals surface area contributed by atoms with Crippen LogP contribution in [0.25, 0.3) is 17.4 Å². The number of benzene rings is 1. The molecule has 1 aliphatic heterocycles. The Bertz CT molecular complexity index is 1200. The third kappa shape index (κ3) is 4.58. The lowest BCUT2D eigenvalue weighted by Crippen LogP contribution is -2.44. The Hall–Kier alpha value is -2.89. The van der Waals surface area contributed by atoms with Gasteiger partial charge in [0.05, 0.1) is 15.3 Å². The summed E-state index contributed by atoms with van der Waals surface area (Å²) in [5.41, 5.74) is 1.93. The second kappa shape index (κ2) is 8.33. The predicted octanol–water partition coefficient (Wildman–Crippen LogP) is 5.57. The first-order chi connectivity index (χ1) is 14.7. The molecule has 11 heteroatoms. The number of hydrazine groups is 1. The van der Waals surface area contributed by atoms with Gasteiger partial charge < -0.3 is 4.42 Å². The van der Waals surface area contributed by atoms with Gasteiger partial charge in [-0.15, -0.1) is 11.3 Å². The van der Waals surface area contributed by atoms with Gasteiger partial charge in [-0.3, -0.25) is 15.0 Å². The highest BCUT2D eigenvalue weighted by Crippen LogP contribution is 2.35. The normalized spacial score (nSPS) is 15.7. The van der Waals surface area contributed by atoms with Crippen molar-refractivity contribution in [3.8, 4) is 11.3 Å². The summed E-state index contributed by atoms with van der Waals surface area (Å²) >= 11 is 7.37. The zero-order chi connectivity index (χ0) is 22.2. The second-order valence-electron chi connectivity index (χ2n) is 6.22. The van der Waals surface area contributed by atoms with E-state index >= 15 is 0 Å². The van der Waals surface area contributed by atoms with Crippen molar-refractivity contribution < 1.29 is 27.2 Å². The number of thiophene rings is 1. The van der Waals surface area contributed by atoms with Crippen LogP contribution in [0.3, 0.4) is 0 Å². The van der Waals surface area contributed by atoms with E-state index in [2.05, 4.69) is 5.43 Å². The molecule has 3 heterocycles. The Balaban J connectivity index is 1.52. The molecular formula is C20H11F3N2O3S3. The molecule has 0 atom stereocenters. The highest BCUT2D eigenvalue weighted by molar-refractivity contribution is 8.26. The number of hydrogen-bond donors (Lipinski definition) is 1. The first-order valence-corrected chi connectivity index (χ1v) is 10.7. The number of thiocarbonyl (C=S) groups is 1. The lowest BCUT2D eigenvalue weighted by Gasteiger charge is -2.14. The SMILES string of the molecule is O=C(NN1C(=O)C(=Cc2ccc(-c3cccc(C(F)(F)F)c3)o2)SC1=S)c1cccs1. The Morgan fingerprint density at radius 3 is 2.68 bits per heavy atom. The third-order valence-electron chi connectivity index (χ3n) is 4.13. The molecule has 0 bridgehead atoms. The molecule has 2 aromatic heterocycles. The maximum Gasteiger partial charge on any atom is 0.416 e.